The van der Waals surface area contributed by atoms with Crippen molar-refractivity contribution in [2.45, 2.75) is 38.1 Å². The van der Waals surface area contributed by atoms with Crippen molar-refractivity contribution in [3.8, 4) is 0 Å². The second kappa shape index (κ2) is 5.75. The second-order valence-electron chi connectivity index (χ2n) is 5.74. The van der Waals surface area contributed by atoms with Gasteiger partial charge in [-0.15, -0.1) is 0 Å². The molecule has 0 amide bonds. The van der Waals surface area contributed by atoms with Crippen LogP contribution in [0.3, 0.4) is 0 Å². The lowest BCUT2D eigenvalue weighted by molar-refractivity contribution is -0.385. The van der Waals surface area contributed by atoms with Crippen LogP contribution >= 0.6 is 0 Å². The van der Waals surface area contributed by atoms with Gasteiger partial charge >= 0.3 is 0 Å². The maximum Gasteiger partial charge on any atom is 0.290 e. The molecule has 1 aromatic heterocycles. The van der Waals surface area contributed by atoms with E-state index in [0.717, 1.165) is 6.54 Å². The van der Waals surface area contributed by atoms with E-state index < -0.39 is 4.92 Å². The predicted molar refractivity (Wildman–Crippen MR) is 79.0 cm³/mol. The number of rotatable bonds is 5. The van der Waals surface area contributed by atoms with Crippen LogP contribution in [0.1, 0.15) is 31.4 Å². The van der Waals surface area contributed by atoms with E-state index in [2.05, 4.69) is 29.3 Å². The van der Waals surface area contributed by atoms with Crippen molar-refractivity contribution in [1.29, 1.82) is 0 Å². The van der Waals surface area contributed by atoms with Crippen LogP contribution in [-0.4, -0.2) is 41.0 Å². The van der Waals surface area contributed by atoms with Crippen LogP contribution in [0.5, 0.6) is 0 Å². The Morgan fingerprint density at radius 3 is 2.55 bits per heavy atom. The lowest BCUT2D eigenvalue weighted by Crippen LogP contribution is -2.47. The van der Waals surface area contributed by atoms with E-state index in [1.165, 1.54) is 31.7 Å². The number of anilines is 1. The summed E-state index contributed by atoms with van der Waals surface area (Å²) in [7, 11) is 4.23. The molecule has 0 saturated heterocycles. The molecule has 1 saturated carbocycles. The number of hydrogen-bond acceptors (Lipinski definition) is 5. The molecule has 110 valence electrons. The monoisotopic (exact) mass is 278 g/mol. The highest BCUT2D eigenvalue weighted by molar-refractivity contribution is 5.45. The fraction of sp³-hybridized carbons (Fsp3) is 0.643. The van der Waals surface area contributed by atoms with E-state index in [4.69, 9.17) is 0 Å². The van der Waals surface area contributed by atoms with E-state index in [-0.39, 0.29) is 11.2 Å². The Hall–Kier alpha value is -1.69. The summed E-state index contributed by atoms with van der Waals surface area (Å²) in [4.78, 5) is 16.9. The van der Waals surface area contributed by atoms with Crippen LogP contribution in [0, 0.1) is 17.0 Å². The van der Waals surface area contributed by atoms with Gasteiger partial charge in [-0.05, 0) is 39.9 Å². The van der Waals surface area contributed by atoms with Gasteiger partial charge in [0.25, 0.3) is 5.69 Å². The minimum absolute atomic E-state index is 0.0683. The van der Waals surface area contributed by atoms with Crippen molar-refractivity contribution < 1.29 is 4.92 Å². The van der Waals surface area contributed by atoms with Crippen LogP contribution in [0.15, 0.2) is 12.1 Å². The van der Waals surface area contributed by atoms with Gasteiger partial charge in [0.2, 0.25) is 0 Å². The molecule has 2 rings (SSSR count). The molecule has 1 aliphatic carbocycles. The molecule has 20 heavy (non-hydrogen) atoms. The molecule has 0 radical (unpaired) electrons. The van der Waals surface area contributed by atoms with Crippen molar-refractivity contribution in [2.75, 3.05) is 26.0 Å². The van der Waals surface area contributed by atoms with Gasteiger partial charge in [-0.3, -0.25) is 10.1 Å². The SMILES string of the molecule is Cc1nc(NCC2(N(C)C)CCCC2)ccc1[N+](=O)[O-]. The quantitative estimate of drug-likeness (QED) is 0.662. The number of nitrogens with zero attached hydrogens (tertiary/aromatic N) is 3. The molecule has 1 heterocycles. The standard InChI is InChI=1S/C14H22N4O2/c1-11-12(18(19)20)6-7-13(16-11)15-10-14(17(2)3)8-4-5-9-14/h6-7H,4-5,8-10H2,1-3H3,(H,15,16). The van der Waals surface area contributed by atoms with Crippen LogP contribution in [-0.2, 0) is 0 Å². The normalized spacial score (nSPS) is 17.4. The van der Waals surface area contributed by atoms with E-state index >= 15 is 0 Å². The predicted octanol–water partition coefficient (Wildman–Crippen LogP) is 2.58. The molecule has 1 aliphatic rings. The zero-order chi connectivity index (χ0) is 14.8. The summed E-state index contributed by atoms with van der Waals surface area (Å²) in [6.07, 6.45) is 4.87. The highest BCUT2D eigenvalue weighted by atomic mass is 16.6. The number of pyridine rings is 1. The minimum Gasteiger partial charge on any atom is -0.368 e. The molecular weight excluding hydrogens is 256 g/mol. The van der Waals surface area contributed by atoms with Crippen molar-refractivity contribution >= 4 is 11.5 Å². The first-order valence-corrected chi connectivity index (χ1v) is 6.98. The van der Waals surface area contributed by atoms with Crippen LogP contribution in [0.4, 0.5) is 11.5 Å². The molecule has 6 heteroatoms. The molecular formula is C14H22N4O2. The minimum atomic E-state index is -0.398. The molecule has 0 atom stereocenters. The third-order valence-electron chi connectivity index (χ3n) is 4.34. The van der Waals surface area contributed by atoms with Gasteiger partial charge in [-0.2, -0.15) is 0 Å². The van der Waals surface area contributed by atoms with Gasteiger partial charge in [0.05, 0.1) is 4.92 Å². The molecule has 0 aliphatic heterocycles. The third kappa shape index (κ3) is 2.90. The summed E-state index contributed by atoms with van der Waals surface area (Å²) in [5.74, 6) is 0.709. The molecule has 1 aromatic rings. The molecule has 0 bridgehead atoms. The van der Waals surface area contributed by atoms with Gasteiger partial charge in [-0.1, -0.05) is 12.8 Å². The maximum atomic E-state index is 10.8. The van der Waals surface area contributed by atoms with E-state index in [9.17, 15) is 10.1 Å². The second-order valence-corrected chi connectivity index (χ2v) is 5.74. The first kappa shape index (κ1) is 14.7. The Morgan fingerprint density at radius 2 is 2.05 bits per heavy atom. The average Bonchev–Trinajstić information content (AvgIpc) is 2.86. The Balaban J connectivity index is 2.07. The number of aryl methyl sites for hydroxylation is 1. The third-order valence-corrected chi connectivity index (χ3v) is 4.34. The lowest BCUT2D eigenvalue weighted by atomic mass is 9.96. The number of hydrogen-bond donors (Lipinski definition) is 1. The fourth-order valence-electron chi connectivity index (χ4n) is 2.92. The van der Waals surface area contributed by atoms with E-state index in [1.54, 1.807) is 13.0 Å². The van der Waals surface area contributed by atoms with Crippen molar-refractivity contribution in [2.24, 2.45) is 0 Å². The Labute approximate surface area is 119 Å². The number of nitro groups is 1. The summed E-state index contributed by atoms with van der Waals surface area (Å²) < 4.78 is 0. The van der Waals surface area contributed by atoms with Gasteiger partial charge in [0.15, 0.2) is 0 Å². The molecule has 1 N–H and O–H groups in total. The highest BCUT2D eigenvalue weighted by Gasteiger charge is 2.35. The zero-order valence-electron chi connectivity index (χ0n) is 12.3. The Morgan fingerprint density at radius 1 is 1.40 bits per heavy atom. The smallest absolute Gasteiger partial charge is 0.290 e. The van der Waals surface area contributed by atoms with Crippen LogP contribution in [0.25, 0.3) is 0 Å². The lowest BCUT2D eigenvalue weighted by Gasteiger charge is -2.36. The summed E-state index contributed by atoms with van der Waals surface area (Å²) >= 11 is 0. The van der Waals surface area contributed by atoms with Gasteiger partial charge < -0.3 is 10.2 Å². The van der Waals surface area contributed by atoms with Gasteiger partial charge in [-0.25, -0.2) is 4.98 Å². The molecule has 1 fully saturated rings. The largest absolute Gasteiger partial charge is 0.368 e. The number of likely N-dealkylation sites (N-methyl/N-ethyl adjacent to an activating group) is 1. The molecule has 0 aromatic carbocycles. The Kier molecular flexibility index (Phi) is 4.23. The first-order valence-electron chi connectivity index (χ1n) is 6.98. The topological polar surface area (TPSA) is 71.3 Å². The van der Waals surface area contributed by atoms with Crippen molar-refractivity contribution in [1.82, 2.24) is 9.88 Å². The first-order chi connectivity index (χ1) is 9.44. The highest BCUT2D eigenvalue weighted by Crippen LogP contribution is 2.33. The number of nitrogens with one attached hydrogen (secondary N) is 1. The fourth-order valence-corrected chi connectivity index (χ4v) is 2.92. The Bertz CT molecular complexity index is 496. The van der Waals surface area contributed by atoms with E-state index in [0.29, 0.717) is 11.5 Å². The maximum absolute atomic E-state index is 10.8. The summed E-state index contributed by atoms with van der Waals surface area (Å²) in [5, 5.41) is 14.1. The molecule has 6 nitrogen and oxygen atoms in total. The van der Waals surface area contributed by atoms with Gasteiger partial charge in [0.1, 0.15) is 11.5 Å². The van der Waals surface area contributed by atoms with Gasteiger partial charge in [0, 0.05) is 18.2 Å². The van der Waals surface area contributed by atoms with Crippen LogP contribution in [0.2, 0.25) is 0 Å². The molecule has 0 spiro atoms. The zero-order valence-corrected chi connectivity index (χ0v) is 12.3. The van der Waals surface area contributed by atoms with Crippen molar-refractivity contribution in [3.05, 3.63) is 27.9 Å². The summed E-state index contributed by atoms with van der Waals surface area (Å²) in [6, 6.07) is 3.20. The average molecular weight is 278 g/mol. The molecule has 0 unspecified atom stereocenters. The summed E-state index contributed by atoms with van der Waals surface area (Å²) in [5.41, 5.74) is 0.696. The summed E-state index contributed by atoms with van der Waals surface area (Å²) in [6.45, 7) is 2.49. The van der Waals surface area contributed by atoms with E-state index in [1.807, 2.05) is 0 Å². The van der Waals surface area contributed by atoms with Crippen molar-refractivity contribution in [3.63, 3.8) is 0 Å². The number of aromatic nitrogens is 1. The van der Waals surface area contributed by atoms with Crippen LogP contribution < -0.4 is 5.32 Å².